The molecule has 9 nitrogen and oxygen atoms in total. The van der Waals surface area contributed by atoms with Crippen LogP contribution in [0.25, 0.3) is 0 Å². The number of amides is 1. The van der Waals surface area contributed by atoms with E-state index in [0.717, 1.165) is 5.82 Å². The molecule has 182 valence electrons. The molecular formula is C24H31N5O4S. The molecule has 1 fully saturated rings. The normalized spacial score (nSPS) is 14.6. The van der Waals surface area contributed by atoms with Crippen molar-refractivity contribution >= 4 is 27.4 Å². The zero-order valence-electron chi connectivity index (χ0n) is 19.8. The number of aromatic nitrogens is 1. The minimum absolute atomic E-state index is 0.122. The monoisotopic (exact) mass is 485 g/mol. The minimum Gasteiger partial charge on any atom is -0.492 e. The summed E-state index contributed by atoms with van der Waals surface area (Å²) < 4.78 is 32.9. The van der Waals surface area contributed by atoms with Crippen molar-refractivity contribution in [3.63, 3.8) is 0 Å². The molecule has 1 aliphatic rings. The summed E-state index contributed by atoms with van der Waals surface area (Å²) >= 11 is 0. The van der Waals surface area contributed by atoms with Crippen LogP contribution in [0.1, 0.15) is 39.2 Å². The minimum atomic E-state index is -3.67. The summed E-state index contributed by atoms with van der Waals surface area (Å²) in [7, 11) is -3.67. The second-order valence-electron chi connectivity index (χ2n) is 7.95. The first-order chi connectivity index (χ1) is 16.3. The van der Waals surface area contributed by atoms with Crippen LogP contribution in [0, 0.1) is 17.2 Å². The summed E-state index contributed by atoms with van der Waals surface area (Å²) in [6, 6.07) is 10.2. The quantitative estimate of drug-likeness (QED) is 0.580. The van der Waals surface area contributed by atoms with E-state index in [1.807, 2.05) is 13.0 Å². The van der Waals surface area contributed by atoms with Crippen molar-refractivity contribution in [2.24, 2.45) is 5.92 Å². The van der Waals surface area contributed by atoms with Crippen molar-refractivity contribution in [3.8, 4) is 11.8 Å². The van der Waals surface area contributed by atoms with Crippen molar-refractivity contribution in [1.82, 2.24) is 9.29 Å². The van der Waals surface area contributed by atoms with Crippen molar-refractivity contribution in [3.05, 3.63) is 42.1 Å². The number of hydrogen-bond donors (Lipinski definition) is 1. The van der Waals surface area contributed by atoms with Gasteiger partial charge in [-0.1, -0.05) is 13.8 Å². The van der Waals surface area contributed by atoms with Crippen LogP contribution in [-0.4, -0.2) is 56.4 Å². The van der Waals surface area contributed by atoms with Crippen LogP contribution in [-0.2, 0) is 14.8 Å². The molecule has 1 aliphatic heterocycles. The van der Waals surface area contributed by atoms with E-state index >= 15 is 0 Å². The molecular weight excluding hydrogens is 454 g/mol. The number of benzene rings is 1. The highest BCUT2D eigenvalue weighted by Crippen LogP contribution is 2.31. The molecule has 3 rings (SSSR count). The summed E-state index contributed by atoms with van der Waals surface area (Å²) in [4.78, 5) is 19.6. The van der Waals surface area contributed by atoms with Crippen molar-refractivity contribution in [2.45, 2.75) is 38.5 Å². The fraction of sp³-hybridized carbons (Fsp3) is 0.458. The number of sulfonamides is 1. The topological polar surface area (TPSA) is 116 Å². The molecule has 2 heterocycles. The maximum atomic E-state index is 13.1. The van der Waals surface area contributed by atoms with Gasteiger partial charge in [0.25, 0.3) is 0 Å². The molecule has 1 amide bonds. The van der Waals surface area contributed by atoms with E-state index in [4.69, 9.17) is 10.00 Å². The van der Waals surface area contributed by atoms with Gasteiger partial charge in [0.2, 0.25) is 15.9 Å². The number of nitrogens with zero attached hydrogens (tertiary/aromatic N) is 4. The molecule has 10 heteroatoms. The number of piperidine rings is 1. The maximum Gasteiger partial charge on any atom is 0.243 e. The summed E-state index contributed by atoms with van der Waals surface area (Å²) in [5.74, 6) is 0.845. The van der Waals surface area contributed by atoms with E-state index in [2.05, 4.69) is 21.3 Å². The first-order valence-electron chi connectivity index (χ1n) is 11.5. The SMILES string of the molecule is CCOc1ccc(S(=O)(=O)N(CC)CC)cc1NC(=O)C1CCN(c2ccc(C#N)cn2)CC1. The first-order valence-corrected chi connectivity index (χ1v) is 13.0. The van der Waals surface area contributed by atoms with E-state index in [1.165, 1.54) is 16.4 Å². The first kappa shape index (κ1) is 25.5. The lowest BCUT2D eigenvalue weighted by Gasteiger charge is -2.32. The predicted octanol–water partition coefficient (Wildman–Crippen LogP) is 3.24. The number of hydrogen-bond acceptors (Lipinski definition) is 7. The van der Waals surface area contributed by atoms with Gasteiger partial charge in [-0.3, -0.25) is 4.79 Å². The molecule has 1 aromatic carbocycles. The molecule has 0 bridgehead atoms. The van der Waals surface area contributed by atoms with Gasteiger partial charge in [-0.2, -0.15) is 9.57 Å². The number of anilines is 2. The Morgan fingerprint density at radius 2 is 1.91 bits per heavy atom. The number of pyridine rings is 1. The van der Waals surface area contributed by atoms with Gasteiger partial charge in [0, 0.05) is 38.3 Å². The Hall–Kier alpha value is -3.16. The van der Waals surface area contributed by atoms with Gasteiger partial charge in [-0.15, -0.1) is 0 Å². The molecule has 0 unspecified atom stereocenters. The van der Waals surface area contributed by atoms with E-state index in [-0.39, 0.29) is 16.7 Å². The molecule has 0 radical (unpaired) electrons. The lowest BCUT2D eigenvalue weighted by atomic mass is 9.95. The highest BCUT2D eigenvalue weighted by atomic mass is 32.2. The Morgan fingerprint density at radius 3 is 2.47 bits per heavy atom. The molecule has 0 atom stereocenters. The van der Waals surface area contributed by atoms with Gasteiger partial charge < -0.3 is 15.0 Å². The van der Waals surface area contributed by atoms with E-state index < -0.39 is 10.0 Å². The molecule has 1 aromatic heterocycles. The lowest BCUT2D eigenvalue weighted by molar-refractivity contribution is -0.120. The lowest BCUT2D eigenvalue weighted by Crippen LogP contribution is -2.38. The van der Waals surface area contributed by atoms with Gasteiger partial charge in [0.15, 0.2) is 0 Å². The van der Waals surface area contributed by atoms with Crippen LogP contribution in [0.5, 0.6) is 5.75 Å². The highest BCUT2D eigenvalue weighted by molar-refractivity contribution is 7.89. The third-order valence-electron chi connectivity index (χ3n) is 5.92. The van der Waals surface area contributed by atoms with Gasteiger partial charge in [0.05, 0.1) is 22.8 Å². The fourth-order valence-electron chi connectivity index (χ4n) is 4.01. The maximum absolute atomic E-state index is 13.1. The number of carbonyl (C=O) groups excluding carboxylic acids is 1. The van der Waals surface area contributed by atoms with E-state index in [0.29, 0.717) is 62.6 Å². The van der Waals surface area contributed by atoms with Crippen LogP contribution in [0.4, 0.5) is 11.5 Å². The van der Waals surface area contributed by atoms with E-state index in [9.17, 15) is 13.2 Å². The Bertz CT molecular complexity index is 1130. The summed E-state index contributed by atoms with van der Waals surface area (Å²) in [6.07, 6.45) is 2.81. The average Bonchev–Trinajstić information content (AvgIpc) is 2.86. The van der Waals surface area contributed by atoms with Gasteiger partial charge in [-0.25, -0.2) is 13.4 Å². The van der Waals surface area contributed by atoms with Crippen LogP contribution in [0.3, 0.4) is 0 Å². The number of rotatable bonds is 9. The average molecular weight is 486 g/mol. The van der Waals surface area contributed by atoms with Gasteiger partial charge in [-0.05, 0) is 50.1 Å². The van der Waals surface area contributed by atoms with Gasteiger partial charge in [0.1, 0.15) is 17.6 Å². The third kappa shape index (κ3) is 5.66. The van der Waals surface area contributed by atoms with Gasteiger partial charge >= 0.3 is 0 Å². The Kier molecular flexibility index (Phi) is 8.47. The summed E-state index contributed by atoms with van der Waals surface area (Å²) in [5, 5.41) is 11.8. The molecule has 0 aliphatic carbocycles. The summed E-state index contributed by atoms with van der Waals surface area (Å²) in [6.45, 7) is 7.84. The zero-order valence-corrected chi connectivity index (χ0v) is 20.6. The van der Waals surface area contributed by atoms with Crippen molar-refractivity contribution in [2.75, 3.05) is 43.0 Å². The number of ether oxygens (including phenoxy) is 1. The van der Waals surface area contributed by atoms with Crippen molar-refractivity contribution < 1.29 is 17.9 Å². The Labute approximate surface area is 201 Å². The van der Waals surface area contributed by atoms with Crippen LogP contribution < -0.4 is 15.0 Å². The Morgan fingerprint density at radius 1 is 1.21 bits per heavy atom. The fourth-order valence-corrected chi connectivity index (χ4v) is 5.49. The Balaban J connectivity index is 1.72. The van der Waals surface area contributed by atoms with Crippen LogP contribution in [0.15, 0.2) is 41.4 Å². The molecule has 34 heavy (non-hydrogen) atoms. The smallest absolute Gasteiger partial charge is 0.243 e. The molecule has 2 aromatic rings. The highest BCUT2D eigenvalue weighted by Gasteiger charge is 2.28. The molecule has 1 N–H and O–H groups in total. The van der Waals surface area contributed by atoms with E-state index in [1.54, 1.807) is 32.2 Å². The van der Waals surface area contributed by atoms with Crippen molar-refractivity contribution in [1.29, 1.82) is 5.26 Å². The number of carbonyl (C=O) groups is 1. The molecule has 1 saturated heterocycles. The second kappa shape index (κ2) is 11.3. The second-order valence-corrected chi connectivity index (χ2v) is 9.89. The number of nitriles is 1. The molecule has 0 spiro atoms. The van der Waals surface area contributed by atoms with Crippen LogP contribution in [0.2, 0.25) is 0 Å². The summed E-state index contributed by atoms with van der Waals surface area (Å²) in [5.41, 5.74) is 0.865. The zero-order chi connectivity index (χ0) is 24.7. The third-order valence-corrected chi connectivity index (χ3v) is 7.96. The number of nitrogens with one attached hydrogen (secondary N) is 1. The standard InChI is InChI=1S/C24H31N5O4S/c1-4-29(5-2)34(31,32)20-8-9-22(33-6-3)21(15-20)27-24(30)19-11-13-28(14-12-19)23-10-7-18(16-25)17-26-23/h7-10,15,17,19H,4-6,11-14H2,1-3H3,(H,27,30). The largest absolute Gasteiger partial charge is 0.492 e. The van der Waals surface area contributed by atoms with Crippen LogP contribution >= 0.6 is 0 Å². The molecule has 0 saturated carbocycles. The predicted molar refractivity (Wildman–Crippen MR) is 130 cm³/mol.